The molecule has 0 aromatic carbocycles. The SMILES string of the molecule is C1=CCCC1.FC1=C(F)C(F)(F)C(F)(F)C1(F)F. The summed E-state index contributed by atoms with van der Waals surface area (Å²) >= 11 is 0. The van der Waals surface area contributed by atoms with Crippen molar-refractivity contribution in [2.45, 2.75) is 37.0 Å². The minimum atomic E-state index is -6.06. The molecular formula is C10H8F8. The monoisotopic (exact) mass is 280 g/mol. The van der Waals surface area contributed by atoms with Crippen LogP contribution in [0.5, 0.6) is 0 Å². The maximum absolute atomic E-state index is 12.0. The van der Waals surface area contributed by atoms with Gasteiger partial charge in [0.25, 0.3) is 0 Å². The van der Waals surface area contributed by atoms with Gasteiger partial charge in [0.2, 0.25) is 11.7 Å². The van der Waals surface area contributed by atoms with Gasteiger partial charge < -0.3 is 0 Å². The van der Waals surface area contributed by atoms with Gasteiger partial charge in [-0.25, -0.2) is 8.78 Å². The van der Waals surface area contributed by atoms with E-state index in [1.54, 1.807) is 0 Å². The summed E-state index contributed by atoms with van der Waals surface area (Å²) in [7, 11) is 0. The summed E-state index contributed by atoms with van der Waals surface area (Å²) in [5, 5.41) is 0. The highest BCUT2D eigenvalue weighted by Gasteiger charge is 2.82. The fraction of sp³-hybridized carbons (Fsp3) is 0.600. The Morgan fingerprint density at radius 3 is 1.17 bits per heavy atom. The smallest absolute Gasteiger partial charge is 0.202 e. The summed E-state index contributed by atoms with van der Waals surface area (Å²) in [5.74, 6) is -24.5. The average molecular weight is 280 g/mol. The molecule has 0 amide bonds. The van der Waals surface area contributed by atoms with Crippen LogP contribution in [0.25, 0.3) is 0 Å². The van der Waals surface area contributed by atoms with E-state index in [4.69, 9.17) is 0 Å². The van der Waals surface area contributed by atoms with Crippen molar-refractivity contribution in [3.63, 3.8) is 0 Å². The molecule has 0 saturated carbocycles. The molecule has 0 radical (unpaired) electrons. The predicted molar refractivity (Wildman–Crippen MR) is 47.1 cm³/mol. The summed E-state index contributed by atoms with van der Waals surface area (Å²) in [6, 6.07) is 0. The first-order chi connectivity index (χ1) is 8.07. The zero-order valence-corrected chi connectivity index (χ0v) is 8.80. The Labute approximate surface area is 97.0 Å². The average Bonchev–Trinajstić information content (AvgIpc) is 2.86. The Hall–Kier alpha value is -1.08. The van der Waals surface area contributed by atoms with Gasteiger partial charge in [-0.2, -0.15) is 26.3 Å². The summed E-state index contributed by atoms with van der Waals surface area (Å²) in [4.78, 5) is 0. The lowest BCUT2D eigenvalue weighted by molar-refractivity contribution is -0.271. The van der Waals surface area contributed by atoms with Crippen molar-refractivity contribution in [1.29, 1.82) is 0 Å². The van der Waals surface area contributed by atoms with Crippen molar-refractivity contribution in [2.24, 2.45) is 0 Å². The van der Waals surface area contributed by atoms with Gasteiger partial charge in [0.15, 0.2) is 0 Å². The van der Waals surface area contributed by atoms with Crippen LogP contribution in [0, 0.1) is 0 Å². The van der Waals surface area contributed by atoms with Crippen molar-refractivity contribution < 1.29 is 35.1 Å². The van der Waals surface area contributed by atoms with Crippen molar-refractivity contribution in [2.75, 3.05) is 0 Å². The van der Waals surface area contributed by atoms with Crippen LogP contribution in [-0.4, -0.2) is 17.8 Å². The highest BCUT2D eigenvalue weighted by Crippen LogP contribution is 2.59. The quantitative estimate of drug-likeness (QED) is 0.442. The molecule has 2 aliphatic rings. The Morgan fingerprint density at radius 1 is 0.722 bits per heavy atom. The van der Waals surface area contributed by atoms with E-state index in [0.717, 1.165) is 0 Å². The lowest BCUT2D eigenvalue weighted by atomic mass is 10.2. The summed E-state index contributed by atoms with van der Waals surface area (Å²) in [5.41, 5.74) is 0. The second-order valence-corrected chi connectivity index (χ2v) is 3.75. The van der Waals surface area contributed by atoms with Crippen LogP contribution in [0.4, 0.5) is 35.1 Å². The van der Waals surface area contributed by atoms with E-state index in [-0.39, 0.29) is 0 Å². The molecule has 2 aliphatic carbocycles. The van der Waals surface area contributed by atoms with E-state index in [9.17, 15) is 35.1 Å². The van der Waals surface area contributed by atoms with Crippen molar-refractivity contribution in [1.82, 2.24) is 0 Å². The molecule has 0 heterocycles. The molecule has 0 aromatic heterocycles. The Balaban J connectivity index is 0.000000269. The second kappa shape index (κ2) is 4.55. The number of halogens is 8. The van der Waals surface area contributed by atoms with E-state index in [1.165, 1.54) is 19.3 Å². The normalized spacial score (nSPS) is 27.1. The Kier molecular flexibility index (Phi) is 3.78. The maximum atomic E-state index is 12.0. The molecule has 0 nitrogen and oxygen atoms in total. The zero-order valence-electron chi connectivity index (χ0n) is 8.80. The van der Waals surface area contributed by atoms with E-state index >= 15 is 0 Å². The van der Waals surface area contributed by atoms with Crippen LogP contribution in [0.1, 0.15) is 19.3 Å². The fourth-order valence-corrected chi connectivity index (χ4v) is 1.34. The van der Waals surface area contributed by atoms with Gasteiger partial charge in [0.1, 0.15) is 0 Å². The standard InChI is InChI=1S/C5F8.C5H8/c6-1-2(7)4(10,11)5(12,13)3(1,8)9;1-2-4-5-3-1/h;1-2H,3-5H2. The van der Waals surface area contributed by atoms with Gasteiger partial charge in [0, 0.05) is 0 Å². The topological polar surface area (TPSA) is 0 Å². The lowest BCUT2D eigenvalue weighted by Crippen LogP contribution is -2.48. The summed E-state index contributed by atoms with van der Waals surface area (Å²) in [6.07, 6.45) is 8.50. The Morgan fingerprint density at radius 2 is 1.06 bits per heavy atom. The molecule has 0 bridgehead atoms. The lowest BCUT2D eigenvalue weighted by Gasteiger charge is -2.22. The van der Waals surface area contributed by atoms with E-state index < -0.39 is 29.4 Å². The molecule has 0 aromatic rings. The fourth-order valence-electron chi connectivity index (χ4n) is 1.34. The summed E-state index contributed by atoms with van der Waals surface area (Å²) < 4.78 is 95.6. The molecule has 0 atom stereocenters. The largest absolute Gasteiger partial charge is 0.385 e. The number of alkyl halides is 6. The van der Waals surface area contributed by atoms with Crippen molar-refractivity contribution >= 4 is 0 Å². The molecule has 0 spiro atoms. The molecule has 2 rings (SSSR count). The van der Waals surface area contributed by atoms with Gasteiger partial charge in [-0.1, -0.05) is 12.2 Å². The minimum Gasteiger partial charge on any atom is -0.202 e. The van der Waals surface area contributed by atoms with Crippen molar-refractivity contribution in [3.05, 3.63) is 23.8 Å². The van der Waals surface area contributed by atoms with E-state index in [2.05, 4.69) is 12.2 Å². The highest BCUT2D eigenvalue weighted by molar-refractivity contribution is 5.32. The van der Waals surface area contributed by atoms with Gasteiger partial charge in [-0.15, -0.1) is 0 Å². The number of rotatable bonds is 0. The van der Waals surface area contributed by atoms with Crippen LogP contribution < -0.4 is 0 Å². The third kappa shape index (κ3) is 2.01. The number of hydrogen-bond donors (Lipinski definition) is 0. The van der Waals surface area contributed by atoms with Crippen LogP contribution in [0.2, 0.25) is 0 Å². The molecule has 8 heteroatoms. The van der Waals surface area contributed by atoms with Crippen molar-refractivity contribution in [3.8, 4) is 0 Å². The van der Waals surface area contributed by atoms with E-state index in [1.807, 2.05) is 0 Å². The first-order valence-corrected chi connectivity index (χ1v) is 4.91. The number of hydrogen-bond acceptors (Lipinski definition) is 0. The van der Waals surface area contributed by atoms with Gasteiger partial charge >= 0.3 is 17.8 Å². The molecule has 0 N–H and O–H groups in total. The van der Waals surface area contributed by atoms with E-state index in [0.29, 0.717) is 0 Å². The second-order valence-electron chi connectivity index (χ2n) is 3.75. The first kappa shape index (κ1) is 15.0. The molecule has 104 valence electrons. The van der Waals surface area contributed by atoms with Gasteiger partial charge in [0.05, 0.1) is 0 Å². The van der Waals surface area contributed by atoms with Gasteiger partial charge in [-0.3, -0.25) is 0 Å². The minimum absolute atomic E-state index is 1.32. The molecule has 0 fully saturated rings. The van der Waals surface area contributed by atoms with Crippen LogP contribution in [0.15, 0.2) is 23.8 Å². The third-order valence-electron chi connectivity index (χ3n) is 2.44. The Bertz CT molecular complexity index is 347. The van der Waals surface area contributed by atoms with Crippen LogP contribution >= 0.6 is 0 Å². The summed E-state index contributed by atoms with van der Waals surface area (Å²) in [6.45, 7) is 0. The van der Waals surface area contributed by atoms with Gasteiger partial charge in [-0.05, 0) is 19.3 Å². The maximum Gasteiger partial charge on any atom is 0.385 e. The predicted octanol–water partition coefficient (Wildman–Crippen LogP) is 4.78. The number of allylic oxidation sites excluding steroid dienone is 4. The zero-order chi connectivity index (χ0) is 14.2. The molecule has 0 saturated heterocycles. The first-order valence-electron chi connectivity index (χ1n) is 4.91. The molecule has 18 heavy (non-hydrogen) atoms. The molecular weight excluding hydrogens is 272 g/mol. The third-order valence-corrected chi connectivity index (χ3v) is 2.44. The molecule has 0 aliphatic heterocycles. The van der Waals surface area contributed by atoms with Crippen LogP contribution in [0.3, 0.4) is 0 Å². The van der Waals surface area contributed by atoms with Crippen LogP contribution in [-0.2, 0) is 0 Å². The highest BCUT2D eigenvalue weighted by atomic mass is 19.4. The molecule has 0 unspecified atom stereocenters.